The number of fused-ring (bicyclic) bond motifs is 1. The van der Waals surface area contributed by atoms with Crippen molar-refractivity contribution < 1.29 is 55.7 Å². The molecule has 18 nitrogen and oxygen atoms in total. The minimum atomic E-state index is -4.66. The van der Waals surface area contributed by atoms with Gasteiger partial charge in [-0.3, -0.25) is 0 Å². The van der Waals surface area contributed by atoms with Crippen molar-refractivity contribution >= 4 is 43.4 Å². The van der Waals surface area contributed by atoms with E-state index in [9.17, 15) is 46.7 Å². The van der Waals surface area contributed by atoms with Crippen molar-refractivity contribution in [2.75, 3.05) is 6.54 Å². The lowest BCUT2D eigenvalue weighted by Gasteiger charge is -2.35. The highest BCUT2D eigenvalue weighted by molar-refractivity contribution is 7.95. The highest BCUT2D eigenvalue weighted by atomic mass is 32.3. The van der Waals surface area contributed by atoms with Gasteiger partial charge in [0.25, 0.3) is 20.2 Å². The van der Waals surface area contributed by atoms with Crippen LogP contribution in [0.3, 0.4) is 0 Å². The topological polar surface area (TPSA) is 241 Å². The first kappa shape index (κ1) is 34.8. The van der Waals surface area contributed by atoms with Crippen LogP contribution in [0.25, 0.3) is 0 Å². The number of hydrogen-bond donors (Lipinski definition) is 1. The Kier molecular flexibility index (Phi) is 10.5. The molecule has 0 saturated heterocycles. The number of sulfone groups is 1. The third kappa shape index (κ3) is 8.42. The third-order valence-corrected chi connectivity index (χ3v) is 12.5. The van der Waals surface area contributed by atoms with Crippen LogP contribution in [-0.2, 0) is 42.7 Å². The van der Waals surface area contributed by atoms with Gasteiger partial charge in [0.2, 0.25) is 0 Å². The van der Waals surface area contributed by atoms with E-state index < -0.39 is 57.7 Å². The molecule has 47 heavy (non-hydrogen) atoms. The van der Waals surface area contributed by atoms with Crippen LogP contribution in [0.1, 0.15) is 43.0 Å². The van der Waals surface area contributed by atoms with E-state index in [4.69, 9.17) is 9.47 Å². The molecule has 1 N–H and O–H groups in total. The Morgan fingerprint density at radius 3 is 1.96 bits per heavy atom. The van der Waals surface area contributed by atoms with Gasteiger partial charge in [-0.15, -0.1) is 31.6 Å². The van der Waals surface area contributed by atoms with Gasteiger partial charge in [0.05, 0.1) is 11.3 Å². The number of carbonyl (C=O) groups excluding carboxylic acids is 2. The van der Waals surface area contributed by atoms with Gasteiger partial charge in [-0.05, 0) is 61.7 Å². The normalized spacial score (nSPS) is 16.6. The molecular weight excluding hydrogens is 689 g/mol. The molecule has 0 spiro atoms. The number of nitrogens with zero attached hydrogens (tertiary/aromatic N) is 3. The number of hydrogen-bond acceptors (Lipinski definition) is 15. The number of benzene rings is 2. The Bertz CT molecular complexity index is 1880. The lowest BCUT2D eigenvalue weighted by atomic mass is 10.0. The molecular formula is C26H26N4O14S3. The molecule has 2 amide bonds. The first-order valence-corrected chi connectivity index (χ1v) is 17.3. The van der Waals surface area contributed by atoms with E-state index in [1.807, 2.05) is 0 Å². The molecule has 3 aromatic rings. The average molecular weight is 715 g/mol. The van der Waals surface area contributed by atoms with Gasteiger partial charge in [0.15, 0.2) is 9.84 Å². The quantitative estimate of drug-likeness (QED) is 0.207. The van der Waals surface area contributed by atoms with E-state index in [0.717, 1.165) is 6.07 Å². The van der Waals surface area contributed by atoms with Crippen molar-refractivity contribution in [2.24, 2.45) is 0 Å². The zero-order valence-corrected chi connectivity index (χ0v) is 26.9. The van der Waals surface area contributed by atoms with Crippen molar-refractivity contribution in [1.29, 1.82) is 0 Å². The molecule has 1 aromatic heterocycles. The van der Waals surface area contributed by atoms with E-state index in [1.54, 1.807) is 11.6 Å². The summed E-state index contributed by atoms with van der Waals surface area (Å²) in [4.78, 5) is 56.2. The minimum absolute atomic E-state index is 0.0282. The predicted octanol–water partition coefficient (Wildman–Crippen LogP) is 3.77. The largest absolute Gasteiger partial charge is 0.426 e. The molecule has 252 valence electrons. The lowest BCUT2D eigenvalue weighted by Crippen LogP contribution is -2.41. The summed E-state index contributed by atoms with van der Waals surface area (Å²) in [5.41, 5.74) is 0.840. The van der Waals surface area contributed by atoms with Crippen LogP contribution >= 0.6 is 11.3 Å². The summed E-state index contributed by atoms with van der Waals surface area (Å²) >= 11 is 0.413. The second-order valence-corrected chi connectivity index (χ2v) is 15.4. The van der Waals surface area contributed by atoms with E-state index >= 15 is 0 Å². The summed E-state index contributed by atoms with van der Waals surface area (Å²) < 4.78 is 64.1. The number of thiophene rings is 1. The second kappa shape index (κ2) is 14.2. The molecule has 21 heteroatoms. The fourth-order valence-electron chi connectivity index (χ4n) is 4.48. The van der Waals surface area contributed by atoms with Crippen LogP contribution in [-0.4, -0.2) is 55.9 Å². The fraction of sp³-hybridized carbons (Fsp3) is 0.308. The molecule has 0 bridgehead atoms. The number of nitrogens with one attached hydrogen (secondary N) is 1. The maximum atomic E-state index is 13.2. The first-order valence-electron chi connectivity index (χ1n) is 13.4. The number of amides is 2. The average Bonchev–Trinajstić information content (AvgIpc) is 3.47. The summed E-state index contributed by atoms with van der Waals surface area (Å²) in [6.45, 7) is 2.42. The van der Waals surface area contributed by atoms with E-state index in [0.29, 0.717) is 22.5 Å². The fourth-order valence-corrected chi connectivity index (χ4v) is 9.33. The molecule has 0 aliphatic carbocycles. The van der Waals surface area contributed by atoms with Crippen LogP contribution in [0.15, 0.2) is 63.0 Å². The monoisotopic (exact) mass is 714 g/mol. The van der Waals surface area contributed by atoms with Crippen molar-refractivity contribution in [1.82, 2.24) is 9.62 Å². The Morgan fingerprint density at radius 1 is 0.957 bits per heavy atom. The SMILES string of the molecule is CCN(C(=O)Oc1ccc(CO[N+](=O)[O-])cc1)[C@H]1CC(C)S(=O)(=O)c2sc(S(=O)(=O)NC(=O)Oc3ccc(CO[N+](=O)[O-])cc3)cc21. The van der Waals surface area contributed by atoms with E-state index in [1.165, 1.54) is 60.4 Å². The molecule has 1 aliphatic rings. The van der Waals surface area contributed by atoms with E-state index in [2.05, 4.69) is 9.68 Å². The minimum Gasteiger partial charge on any atom is -0.410 e. The van der Waals surface area contributed by atoms with Crippen molar-refractivity contribution in [3.05, 3.63) is 91.5 Å². The van der Waals surface area contributed by atoms with Crippen LogP contribution in [0, 0.1) is 20.2 Å². The Balaban J connectivity index is 1.52. The number of sulfonamides is 1. The van der Waals surface area contributed by atoms with Gasteiger partial charge in [-0.25, -0.2) is 31.1 Å². The van der Waals surface area contributed by atoms with Crippen molar-refractivity contribution in [3.8, 4) is 11.5 Å². The highest BCUT2D eigenvalue weighted by Gasteiger charge is 2.43. The molecule has 0 fully saturated rings. The zero-order valence-electron chi connectivity index (χ0n) is 24.5. The van der Waals surface area contributed by atoms with Gasteiger partial charge in [-0.1, -0.05) is 24.3 Å². The Hall–Kier alpha value is -5.02. The molecule has 1 aliphatic heterocycles. The van der Waals surface area contributed by atoms with Crippen molar-refractivity contribution in [2.45, 2.75) is 53.2 Å². The standard InChI is InChI=1S/C26H26N4O14S3/c1-3-28(26(32)44-20-10-6-18(7-11-20)15-42-30(35)36)22-12-16(2)46(37,38)24-21(22)13-23(45-24)47(39,40)27-25(31)43-19-8-4-17(5-9-19)14-41-29(33)34/h4-11,13,16,22H,3,12,14-15H2,1-2H3,(H,27,31)/t16?,22-/m0/s1. The molecule has 1 unspecified atom stereocenters. The maximum absolute atomic E-state index is 13.2. The number of carbonyl (C=O) groups is 2. The van der Waals surface area contributed by atoms with Gasteiger partial charge in [0, 0.05) is 12.1 Å². The van der Waals surface area contributed by atoms with Crippen LogP contribution in [0.2, 0.25) is 0 Å². The smallest absolute Gasteiger partial charge is 0.410 e. The third-order valence-electron chi connectivity index (χ3n) is 6.77. The number of ether oxygens (including phenoxy) is 2. The van der Waals surface area contributed by atoms with Gasteiger partial charge < -0.3 is 24.0 Å². The Labute approximate surface area is 271 Å². The summed E-state index contributed by atoms with van der Waals surface area (Å²) in [5.74, 6) is -0.00743. The number of rotatable bonds is 12. The molecule has 2 atom stereocenters. The van der Waals surface area contributed by atoms with E-state index in [-0.39, 0.29) is 47.5 Å². The molecule has 2 heterocycles. The maximum Gasteiger partial charge on any atom is 0.426 e. The van der Waals surface area contributed by atoms with Gasteiger partial charge in [-0.2, -0.15) is 0 Å². The van der Waals surface area contributed by atoms with Crippen molar-refractivity contribution in [3.63, 3.8) is 0 Å². The molecule has 4 rings (SSSR count). The summed E-state index contributed by atoms with van der Waals surface area (Å²) in [5, 5.41) is 17.8. The molecule has 0 radical (unpaired) electrons. The molecule has 2 aromatic carbocycles. The predicted molar refractivity (Wildman–Crippen MR) is 160 cm³/mol. The zero-order chi connectivity index (χ0) is 34.5. The van der Waals surface area contributed by atoms with Gasteiger partial charge in [0.1, 0.15) is 33.1 Å². The summed E-state index contributed by atoms with van der Waals surface area (Å²) in [7, 11) is -8.67. The Morgan fingerprint density at radius 2 is 1.47 bits per heavy atom. The van der Waals surface area contributed by atoms with Crippen LogP contribution in [0.4, 0.5) is 9.59 Å². The summed E-state index contributed by atoms with van der Waals surface area (Å²) in [6.07, 6.45) is -2.35. The summed E-state index contributed by atoms with van der Waals surface area (Å²) in [6, 6.07) is 11.1. The van der Waals surface area contributed by atoms with Crippen LogP contribution in [0.5, 0.6) is 11.5 Å². The lowest BCUT2D eigenvalue weighted by molar-refractivity contribution is -0.763. The molecule has 0 saturated carbocycles. The van der Waals surface area contributed by atoms with Crippen LogP contribution < -0.4 is 14.2 Å². The first-order chi connectivity index (χ1) is 22.1. The highest BCUT2D eigenvalue weighted by Crippen LogP contribution is 2.45. The second-order valence-electron chi connectivity index (χ2n) is 9.85. The van der Waals surface area contributed by atoms with Gasteiger partial charge >= 0.3 is 12.2 Å².